The van der Waals surface area contributed by atoms with Crippen LogP contribution in [0.2, 0.25) is 0 Å². The van der Waals surface area contributed by atoms with E-state index in [1.807, 2.05) is 0 Å². The zero-order valence-corrected chi connectivity index (χ0v) is 19.0. The van der Waals surface area contributed by atoms with Gasteiger partial charge in [0.05, 0.1) is 18.7 Å². The van der Waals surface area contributed by atoms with Crippen molar-refractivity contribution in [2.24, 2.45) is 0 Å². The van der Waals surface area contributed by atoms with Gasteiger partial charge >= 0.3 is 6.03 Å². The van der Waals surface area contributed by atoms with Crippen molar-refractivity contribution in [2.75, 3.05) is 27.4 Å². The van der Waals surface area contributed by atoms with Gasteiger partial charge in [-0.3, -0.25) is 4.90 Å². The molecule has 0 aliphatic carbocycles. The molecule has 1 N–H and O–H groups in total. The maximum Gasteiger partial charge on any atom is 0.322 e. The first-order valence-electron chi connectivity index (χ1n) is 10.6. The minimum atomic E-state index is -0.720. The van der Waals surface area contributed by atoms with E-state index in [9.17, 15) is 13.6 Å². The normalized spacial score (nSPS) is 16.1. The van der Waals surface area contributed by atoms with Crippen LogP contribution >= 0.6 is 0 Å². The van der Waals surface area contributed by atoms with Crippen molar-refractivity contribution in [1.82, 2.24) is 20.4 Å². The first-order valence-corrected chi connectivity index (χ1v) is 10.6. The predicted molar refractivity (Wildman–Crippen MR) is 120 cm³/mol. The highest BCUT2D eigenvalue weighted by Crippen LogP contribution is 2.37. The fourth-order valence-electron chi connectivity index (χ4n) is 3.89. The molecule has 3 aromatic rings. The number of amides is 2. The zero-order chi connectivity index (χ0) is 24.2. The third-order valence-electron chi connectivity index (χ3n) is 5.57. The fraction of sp³-hybridized carbons (Fsp3) is 0.292. The van der Waals surface area contributed by atoms with Gasteiger partial charge in [-0.05, 0) is 49.2 Å². The molecular weight excluding hydrogens is 446 g/mol. The number of carbonyl (C=O) groups excluding carboxylic acids is 1. The second-order valence-electron chi connectivity index (χ2n) is 7.71. The van der Waals surface area contributed by atoms with E-state index in [-0.39, 0.29) is 23.5 Å². The van der Waals surface area contributed by atoms with Crippen LogP contribution in [0.5, 0.6) is 5.75 Å². The SMILES string of the molecule is COCCCN1C(=O)NC(c2cccc(F)c2)C(c2nc(-c3ccc(OC)c(F)c3)no2)=C1C. The van der Waals surface area contributed by atoms with E-state index in [0.717, 1.165) is 0 Å². The Bertz CT molecular complexity index is 1230. The van der Waals surface area contributed by atoms with Gasteiger partial charge in [-0.15, -0.1) is 0 Å². The van der Waals surface area contributed by atoms with Gasteiger partial charge in [0.1, 0.15) is 5.82 Å². The van der Waals surface area contributed by atoms with Crippen molar-refractivity contribution in [3.63, 3.8) is 0 Å². The van der Waals surface area contributed by atoms with E-state index in [1.165, 1.54) is 31.4 Å². The highest BCUT2D eigenvalue weighted by atomic mass is 19.1. The Hall–Kier alpha value is -3.79. The number of carbonyl (C=O) groups is 1. The number of nitrogens with one attached hydrogen (secondary N) is 1. The number of ether oxygens (including phenoxy) is 2. The maximum atomic E-state index is 14.2. The molecule has 2 aromatic carbocycles. The van der Waals surface area contributed by atoms with Gasteiger partial charge in [0.25, 0.3) is 5.89 Å². The molecule has 2 amide bonds. The van der Waals surface area contributed by atoms with Crippen molar-refractivity contribution < 1.29 is 27.6 Å². The molecule has 1 aliphatic heterocycles. The summed E-state index contributed by atoms with van der Waals surface area (Å²) in [6.45, 7) is 2.65. The van der Waals surface area contributed by atoms with Crippen LogP contribution in [-0.2, 0) is 4.74 Å². The maximum absolute atomic E-state index is 14.2. The quantitative estimate of drug-likeness (QED) is 0.486. The summed E-state index contributed by atoms with van der Waals surface area (Å²) in [5.74, 6) is -0.605. The molecule has 4 rings (SSSR count). The van der Waals surface area contributed by atoms with Gasteiger partial charge in [-0.1, -0.05) is 17.3 Å². The second kappa shape index (κ2) is 10.0. The Labute approximate surface area is 195 Å². The summed E-state index contributed by atoms with van der Waals surface area (Å²) in [5.41, 5.74) is 2.03. The molecular formula is C24H24F2N4O4. The van der Waals surface area contributed by atoms with Gasteiger partial charge in [-0.2, -0.15) is 4.98 Å². The number of hydrogen-bond acceptors (Lipinski definition) is 6. The minimum absolute atomic E-state index is 0.0962. The van der Waals surface area contributed by atoms with E-state index in [0.29, 0.717) is 42.0 Å². The van der Waals surface area contributed by atoms with Crippen molar-refractivity contribution in [3.05, 3.63) is 71.3 Å². The average molecular weight is 470 g/mol. The highest BCUT2D eigenvalue weighted by Gasteiger charge is 2.35. The summed E-state index contributed by atoms with van der Waals surface area (Å²) in [5, 5.41) is 6.91. The molecule has 0 saturated heterocycles. The van der Waals surface area contributed by atoms with E-state index in [4.69, 9.17) is 14.0 Å². The van der Waals surface area contributed by atoms with Crippen LogP contribution in [0.15, 0.2) is 52.7 Å². The zero-order valence-electron chi connectivity index (χ0n) is 19.0. The summed E-state index contributed by atoms with van der Waals surface area (Å²) in [6, 6.07) is 9.22. The molecule has 0 saturated carbocycles. The molecule has 0 spiro atoms. The number of urea groups is 1. The van der Waals surface area contributed by atoms with Crippen LogP contribution in [0.3, 0.4) is 0 Å². The highest BCUT2D eigenvalue weighted by molar-refractivity contribution is 5.86. The molecule has 0 radical (unpaired) electrons. The summed E-state index contributed by atoms with van der Waals surface area (Å²) >= 11 is 0. The van der Waals surface area contributed by atoms with Crippen LogP contribution in [0.4, 0.5) is 13.6 Å². The van der Waals surface area contributed by atoms with Gasteiger partial charge in [0.15, 0.2) is 11.6 Å². The minimum Gasteiger partial charge on any atom is -0.494 e. The van der Waals surface area contributed by atoms with E-state index in [1.54, 1.807) is 37.1 Å². The number of hydrogen-bond donors (Lipinski definition) is 1. The lowest BCUT2D eigenvalue weighted by atomic mass is 9.94. The molecule has 178 valence electrons. The topological polar surface area (TPSA) is 89.7 Å². The third-order valence-corrected chi connectivity index (χ3v) is 5.57. The first kappa shape index (κ1) is 23.4. The van der Waals surface area contributed by atoms with E-state index < -0.39 is 17.7 Å². The van der Waals surface area contributed by atoms with E-state index in [2.05, 4.69) is 15.5 Å². The summed E-state index contributed by atoms with van der Waals surface area (Å²) in [7, 11) is 2.97. The monoisotopic (exact) mass is 470 g/mol. The van der Waals surface area contributed by atoms with Crippen LogP contribution in [-0.4, -0.2) is 48.4 Å². The largest absolute Gasteiger partial charge is 0.494 e. The molecule has 2 heterocycles. The van der Waals surface area contributed by atoms with Gasteiger partial charge in [-0.25, -0.2) is 13.6 Å². The van der Waals surface area contributed by atoms with Crippen molar-refractivity contribution in [1.29, 1.82) is 0 Å². The average Bonchev–Trinajstić information content (AvgIpc) is 3.30. The molecule has 0 fully saturated rings. The van der Waals surface area contributed by atoms with E-state index >= 15 is 0 Å². The lowest BCUT2D eigenvalue weighted by molar-refractivity contribution is 0.174. The summed E-state index contributed by atoms with van der Waals surface area (Å²) in [6.07, 6.45) is 0.610. The molecule has 1 atom stereocenters. The number of halogens is 2. The van der Waals surface area contributed by atoms with Gasteiger partial charge in [0, 0.05) is 31.5 Å². The number of aromatic nitrogens is 2. The smallest absolute Gasteiger partial charge is 0.322 e. The molecule has 8 nitrogen and oxygen atoms in total. The Balaban J connectivity index is 1.77. The molecule has 10 heteroatoms. The lowest BCUT2D eigenvalue weighted by Gasteiger charge is -2.35. The summed E-state index contributed by atoms with van der Waals surface area (Å²) < 4.78 is 43.8. The van der Waals surface area contributed by atoms with Crippen molar-refractivity contribution >= 4 is 11.6 Å². The lowest BCUT2D eigenvalue weighted by Crippen LogP contribution is -2.46. The number of rotatable bonds is 8. The van der Waals surface area contributed by atoms with Crippen LogP contribution in [0.25, 0.3) is 17.0 Å². The van der Waals surface area contributed by atoms with Gasteiger partial charge < -0.3 is 19.3 Å². The molecule has 1 aliphatic rings. The Kier molecular flexibility index (Phi) is 6.87. The molecule has 1 unspecified atom stereocenters. The van der Waals surface area contributed by atoms with Crippen molar-refractivity contribution in [3.8, 4) is 17.1 Å². The second-order valence-corrected chi connectivity index (χ2v) is 7.71. The standard InChI is InChI=1S/C24H24F2N4O4/c1-14-20(23-28-22(29-34-23)16-8-9-19(33-3)18(26)13-16)21(15-6-4-7-17(25)12-15)27-24(31)30(14)10-5-11-32-2/h4,6-9,12-13,21H,5,10-11H2,1-3H3,(H,27,31). The number of benzene rings is 2. The fourth-order valence-corrected chi connectivity index (χ4v) is 3.89. The molecule has 34 heavy (non-hydrogen) atoms. The predicted octanol–water partition coefficient (Wildman–Crippen LogP) is 4.56. The van der Waals surface area contributed by atoms with Crippen LogP contribution in [0.1, 0.15) is 30.8 Å². The number of nitrogens with zero attached hydrogens (tertiary/aromatic N) is 3. The van der Waals surface area contributed by atoms with Crippen molar-refractivity contribution in [2.45, 2.75) is 19.4 Å². The van der Waals surface area contributed by atoms with Crippen LogP contribution in [0, 0.1) is 11.6 Å². The number of allylic oxidation sites excluding steroid dienone is 1. The van der Waals surface area contributed by atoms with Gasteiger partial charge in [0.2, 0.25) is 5.82 Å². The first-order chi connectivity index (χ1) is 16.4. The Morgan fingerprint density at radius 1 is 1.18 bits per heavy atom. The number of methoxy groups -OCH3 is 2. The Morgan fingerprint density at radius 3 is 2.71 bits per heavy atom. The van der Waals surface area contributed by atoms with Crippen LogP contribution < -0.4 is 10.1 Å². The molecule has 1 aromatic heterocycles. The Morgan fingerprint density at radius 2 is 2.00 bits per heavy atom. The molecule has 0 bridgehead atoms. The third kappa shape index (κ3) is 4.62. The summed E-state index contributed by atoms with van der Waals surface area (Å²) in [4.78, 5) is 18.9.